The number of aromatic nitrogens is 5. The van der Waals surface area contributed by atoms with Crippen molar-refractivity contribution in [2.75, 3.05) is 0 Å². The van der Waals surface area contributed by atoms with Gasteiger partial charge in [-0.05, 0) is 36.8 Å². The molecule has 0 radical (unpaired) electrons. The van der Waals surface area contributed by atoms with E-state index in [1.54, 1.807) is 12.4 Å². The van der Waals surface area contributed by atoms with E-state index >= 15 is 0 Å². The van der Waals surface area contributed by atoms with Crippen LogP contribution in [0.4, 0.5) is 0 Å². The van der Waals surface area contributed by atoms with Gasteiger partial charge in [-0.25, -0.2) is 4.98 Å². The Morgan fingerprint density at radius 1 is 0.793 bits per heavy atom. The molecule has 0 fully saturated rings. The van der Waals surface area contributed by atoms with Crippen molar-refractivity contribution in [2.24, 2.45) is 0 Å². The maximum absolute atomic E-state index is 4.94. The van der Waals surface area contributed by atoms with Crippen molar-refractivity contribution in [1.29, 1.82) is 0 Å². The summed E-state index contributed by atoms with van der Waals surface area (Å²) in [5.74, 6) is 0.906. The van der Waals surface area contributed by atoms with Gasteiger partial charge in [0.05, 0.1) is 28.1 Å². The summed E-state index contributed by atoms with van der Waals surface area (Å²) in [5, 5.41) is 0. The molecule has 5 rings (SSSR count). The lowest BCUT2D eigenvalue weighted by Crippen LogP contribution is -1.91. The summed E-state index contributed by atoms with van der Waals surface area (Å²) in [7, 11) is 0. The lowest BCUT2D eigenvalue weighted by atomic mass is 10.1. The van der Waals surface area contributed by atoms with E-state index in [1.807, 2.05) is 61.5 Å². The molecule has 0 saturated heterocycles. The van der Waals surface area contributed by atoms with E-state index in [0.29, 0.717) is 0 Å². The average Bonchev–Trinajstić information content (AvgIpc) is 3.18. The molecule has 0 spiro atoms. The number of nitrogens with zero attached hydrogens (tertiary/aromatic N) is 4. The van der Waals surface area contributed by atoms with Crippen LogP contribution >= 0.6 is 0 Å². The van der Waals surface area contributed by atoms with Crippen LogP contribution in [0.5, 0.6) is 0 Å². The van der Waals surface area contributed by atoms with Crippen LogP contribution in [0.1, 0.15) is 17.1 Å². The first-order valence-electron chi connectivity index (χ1n) is 9.54. The predicted octanol–water partition coefficient (Wildman–Crippen LogP) is 4.98. The van der Waals surface area contributed by atoms with Crippen molar-refractivity contribution in [3.8, 4) is 22.6 Å². The van der Waals surface area contributed by atoms with Gasteiger partial charge in [-0.15, -0.1) is 0 Å². The summed E-state index contributed by atoms with van der Waals surface area (Å²) in [6.45, 7) is 2.00. The highest BCUT2D eigenvalue weighted by molar-refractivity contribution is 5.84. The number of aryl methyl sites for hydroxylation is 1. The van der Waals surface area contributed by atoms with Gasteiger partial charge in [0.1, 0.15) is 5.82 Å². The molecule has 0 unspecified atom stereocenters. The lowest BCUT2D eigenvalue weighted by molar-refractivity contribution is 1.03. The SMILES string of the molecule is Cc1cccc(-c2[nH]c(Cc3ccccc3)nc2-c2ccc3nccnc3c2)n1. The van der Waals surface area contributed by atoms with Gasteiger partial charge in [0.15, 0.2) is 0 Å². The molecule has 1 N–H and O–H groups in total. The van der Waals surface area contributed by atoms with Gasteiger partial charge < -0.3 is 4.98 Å². The van der Waals surface area contributed by atoms with Crippen LogP contribution in [-0.2, 0) is 6.42 Å². The molecule has 5 nitrogen and oxygen atoms in total. The number of pyridine rings is 1. The monoisotopic (exact) mass is 377 g/mol. The Balaban J connectivity index is 1.65. The number of benzene rings is 2. The van der Waals surface area contributed by atoms with Gasteiger partial charge in [-0.2, -0.15) is 0 Å². The minimum absolute atomic E-state index is 0.729. The van der Waals surface area contributed by atoms with Gasteiger partial charge in [0.2, 0.25) is 0 Å². The van der Waals surface area contributed by atoms with Gasteiger partial charge in [0.25, 0.3) is 0 Å². The highest BCUT2D eigenvalue weighted by atomic mass is 15.0. The van der Waals surface area contributed by atoms with Crippen molar-refractivity contribution in [2.45, 2.75) is 13.3 Å². The fourth-order valence-corrected chi connectivity index (χ4v) is 3.48. The molecule has 2 aromatic carbocycles. The van der Waals surface area contributed by atoms with E-state index in [9.17, 15) is 0 Å². The van der Waals surface area contributed by atoms with Crippen LogP contribution in [0.15, 0.2) is 79.1 Å². The highest BCUT2D eigenvalue weighted by Crippen LogP contribution is 2.31. The summed E-state index contributed by atoms with van der Waals surface area (Å²) in [4.78, 5) is 22.0. The van der Waals surface area contributed by atoms with E-state index < -0.39 is 0 Å². The number of fused-ring (bicyclic) bond motifs is 1. The Kier molecular flexibility index (Phi) is 4.33. The van der Waals surface area contributed by atoms with Crippen LogP contribution in [0.2, 0.25) is 0 Å². The summed E-state index contributed by atoms with van der Waals surface area (Å²) in [6, 6.07) is 22.4. The van der Waals surface area contributed by atoms with Crippen molar-refractivity contribution >= 4 is 11.0 Å². The van der Waals surface area contributed by atoms with Gasteiger partial charge in [-0.1, -0.05) is 42.5 Å². The van der Waals surface area contributed by atoms with Crippen LogP contribution in [0, 0.1) is 6.92 Å². The molecule has 5 heteroatoms. The maximum Gasteiger partial charge on any atom is 0.111 e. The van der Waals surface area contributed by atoms with Crippen molar-refractivity contribution in [3.63, 3.8) is 0 Å². The topological polar surface area (TPSA) is 67.3 Å². The second-order valence-corrected chi connectivity index (χ2v) is 6.99. The fraction of sp³-hybridized carbons (Fsp3) is 0.0833. The van der Waals surface area contributed by atoms with Crippen molar-refractivity contribution < 1.29 is 0 Å². The Labute approximate surface area is 168 Å². The third-order valence-corrected chi connectivity index (χ3v) is 4.85. The molecule has 140 valence electrons. The molecule has 0 atom stereocenters. The van der Waals surface area contributed by atoms with E-state index in [1.165, 1.54) is 5.56 Å². The zero-order valence-electron chi connectivity index (χ0n) is 16.0. The smallest absolute Gasteiger partial charge is 0.111 e. The second-order valence-electron chi connectivity index (χ2n) is 6.99. The molecule has 5 aromatic rings. The zero-order chi connectivity index (χ0) is 19.6. The molecule has 0 bridgehead atoms. The molecule has 3 heterocycles. The first kappa shape index (κ1) is 17.3. The Morgan fingerprint density at radius 2 is 1.62 bits per heavy atom. The molecule has 0 saturated carbocycles. The largest absolute Gasteiger partial charge is 0.340 e. The van der Waals surface area contributed by atoms with Crippen molar-refractivity contribution in [1.82, 2.24) is 24.9 Å². The zero-order valence-corrected chi connectivity index (χ0v) is 16.0. The minimum Gasteiger partial charge on any atom is -0.340 e. The number of H-pyrrole nitrogens is 1. The average molecular weight is 377 g/mol. The standard InChI is InChI=1S/C24H19N5/c1-16-6-5-9-20(27-16)24-23(18-10-11-19-21(15-18)26-13-12-25-19)28-22(29-24)14-17-7-3-2-4-8-17/h2-13,15H,14H2,1H3,(H,28,29). The quantitative estimate of drug-likeness (QED) is 0.480. The van der Waals surface area contributed by atoms with Crippen LogP contribution in [0.3, 0.4) is 0 Å². The number of nitrogens with one attached hydrogen (secondary N) is 1. The van der Waals surface area contributed by atoms with Gasteiger partial charge >= 0.3 is 0 Å². The third-order valence-electron chi connectivity index (χ3n) is 4.85. The summed E-state index contributed by atoms with van der Waals surface area (Å²) < 4.78 is 0. The van der Waals surface area contributed by atoms with E-state index in [2.05, 4.69) is 27.1 Å². The first-order valence-corrected chi connectivity index (χ1v) is 9.54. The number of hydrogen-bond donors (Lipinski definition) is 1. The fourth-order valence-electron chi connectivity index (χ4n) is 3.48. The van der Waals surface area contributed by atoms with Crippen LogP contribution in [0.25, 0.3) is 33.7 Å². The van der Waals surface area contributed by atoms with Gasteiger partial charge in [-0.3, -0.25) is 15.0 Å². The Hall–Kier alpha value is -3.86. The lowest BCUT2D eigenvalue weighted by Gasteiger charge is -2.04. The molecule has 0 aliphatic carbocycles. The van der Waals surface area contributed by atoms with Crippen molar-refractivity contribution in [3.05, 3.63) is 96.2 Å². The molecular formula is C24H19N5. The third kappa shape index (κ3) is 3.50. The molecule has 0 aliphatic rings. The molecule has 29 heavy (non-hydrogen) atoms. The van der Waals surface area contributed by atoms with Crippen LogP contribution < -0.4 is 0 Å². The Morgan fingerprint density at radius 3 is 2.45 bits per heavy atom. The second kappa shape index (κ2) is 7.28. The maximum atomic E-state index is 4.94. The molecule has 0 aliphatic heterocycles. The number of hydrogen-bond acceptors (Lipinski definition) is 4. The summed E-state index contributed by atoms with van der Waals surface area (Å²) >= 11 is 0. The normalized spacial score (nSPS) is 11.1. The van der Waals surface area contributed by atoms with E-state index in [0.717, 1.165) is 51.6 Å². The molecular weight excluding hydrogens is 358 g/mol. The van der Waals surface area contributed by atoms with Gasteiger partial charge in [0, 0.05) is 30.1 Å². The molecule has 3 aromatic heterocycles. The summed E-state index contributed by atoms with van der Waals surface area (Å²) in [6.07, 6.45) is 4.14. The van der Waals surface area contributed by atoms with E-state index in [4.69, 9.17) is 9.97 Å². The highest BCUT2D eigenvalue weighted by Gasteiger charge is 2.16. The number of aromatic amines is 1. The van der Waals surface area contributed by atoms with Crippen LogP contribution in [-0.4, -0.2) is 24.9 Å². The number of rotatable bonds is 4. The minimum atomic E-state index is 0.729. The summed E-state index contributed by atoms with van der Waals surface area (Å²) in [5.41, 5.74) is 7.56. The predicted molar refractivity (Wildman–Crippen MR) is 114 cm³/mol. The first-order chi connectivity index (χ1) is 14.3. The van der Waals surface area contributed by atoms with E-state index in [-0.39, 0.29) is 0 Å². The molecule has 0 amide bonds. The Bertz CT molecular complexity index is 1290. The number of imidazole rings is 1.